The number of fused-ring (bicyclic) bond motifs is 1. The van der Waals surface area contributed by atoms with E-state index >= 15 is 0 Å². The minimum atomic E-state index is -3.92. The number of ether oxygens (including phenoxy) is 3. The molecule has 0 saturated heterocycles. The van der Waals surface area contributed by atoms with Gasteiger partial charge in [0.15, 0.2) is 6.10 Å². The summed E-state index contributed by atoms with van der Waals surface area (Å²) >= 11 is 0. The monoisotopic (exact) mass is 520 g/mol. The third kappa shape index (κ3) is 5.95. The van der Waals surface area contributed by atoms with Crippen LogP contribution in [0.1, 0.15) is 13.3 Å². The maximum Gasteiger partial charge on any atom is 0.265 e. The maximum atomic E-state index is 13.0. The van der Waals surface area contributed by atoms with Crippen molar-refractivity contribution in [3.63, 3.8) is 0 Å². The number of hydrogen-bond acceptors (Lipinski definition) is 6. The molecular weight excluding hydrogens is 492 g/mol. The Morgan fingerprint density at radius 2 is 1.59 bits per heavy atom. The Labute approximate surface area is 216 Å². The predicted molar refractivity (Wildman–Crippen MR) is 144 cm³/mol. The smallest absolute Gasteiger partial charge is 0.265 e. The summed E-state index contributed by atoms with van der Waals surface area (Å²) < 4.78 is 44.9. The van der Waals surface area contributed by atoms with Crippen LogP contribution < -0.4 is 24.2 Å². The van der Waals surface area contributed by atoms with Crippen LogP contribution >= 0.6 is 0 Å². The van der Waals surface area contributed by atoms with Gasteiger partial charge in [0, 0.05) is 17.1 Å². The van der Waals surface area contributed by atoms with Crippen molar-refractivity contribution in [1.82, 2.24) is 0 Å². The van der Waals surface area contributed by atoms with Crippen molar-refractivity contribution in [3.8, 4) is 17.2 Å². The SMILES string of the molecule is CC[C@@H](Oc1cccc2ccccc12)C(=O)Nc1ccc(S(=O)(=O)Nc2cc(OC)ccc2OC)cc1. The Kier molecular flexibility index (Phi) is 7.83. The normalized spacial score (nSPS) is 12.0. The summed E-state index contributed by atoms with van der Waals surface area (Å²) in [6, 6.07) is 24.2. The van der Waals surface area contributed by atoms with Gasteiger partial charge in [0.1, 0.15) is 17.2 Å². The summed E-state index contributed by atoms with van der Waals surface area (Å²) in [5, 5.41) is 4.75. The highest BCUT2D eigenvalue weighted by Crippen LogP contribution is 2.31. The molecule has 192 valence electrons. The molecule has 1 atom stereocenters. The zero-order valence-electron chi connectivity index (χ0n) is 20.7. The number of nitrogens with one attached hydrogen (secondary N) is 2. The maximum absolute atomic E-state index is 13.0. The lowest BCUT2D eigenvalue weighted by Gasteiger charge is -2.19. The fourth-order valence-electron chi connectivity index (χ4n) is 3.81. The number of carbonyl (C=O) groups is 1. The van der Waals surface area contributed by atoms with Crippen LogP contribution in [0.3, 0.4) is 0 Å². The molecule has 0 aliphatic rings. The second-order valence-electron chi connectivity index (χ2n) is 8.18. The Balaban J connectivity index is 1.46. The van der Waals surface area contributed by atoms with E-state index in [0.29, 0.717) is 29.4 Å². The van der Waals surface area contributed by atoms with E-state index in [1.54, 1.807) is 12.1 Å². The van der Waals surface area contributed by atoms with Crippen molar-refractivity contribution in [3.05, 3.63) is 84.9 Å². The van der Waals surface area contributed by atoms with Gasteiger partial charge in [-0.25, -0.2) is 8.42 Å². The van der Waals surface area contributed by atoms with Crippen molar-refractivity contribution in [2.75, 3.05) is 24.3 Å². The van der Waals surface area contributed by atoms with Crippen LogP contribution in [-0.2, 0) is 14.8 Å². The van der Waals surface area contributed by atoms with Gasteiger partial charge < -0.3 is 19.5 Å². The Bertz CT molecular complexity index is 1500. The van der Waals surface area contributed by atoms with Crippen molar-refractivity contribution in [2.45, 2.75) is 24.3 Å². The summed E-state index contributed by atoms with van der Waals surface area (Å²) in [5.41, 5.74) is 0.693. The Hall–Kier alpha value is -4.24. The van der Waals surface area contributed by atoms with Gasteiger partial charge in [-0.1, -0.05) is 43.3 Å². The number of hydrogen-bond donors (Lipinski definition) is 2. The third-order valence-electron chi connectivity index (χ3n) is 5.77. The molecule has 37 heavy (non-hydrogen) atoms. The Morgan fingerprint density at radius 1 is 0.865 bits per heavy atom. The van der Waals surface area contributed by atoms with Crippen LogP contribution in [0, 0.1) is 0 Å². The average Bonchev–Trinajstić information content (AvgIpc) is 2.91. The van der Waals surface area contributed by atoms with Gasteiger partial charge in [-0.05, 0) is 54.3 Å². The van der Waals surface area contributed by atoms with Gasteiger partial charge in [0.25, 0.3) is 15.9 Å². The lowest BCUT2D eigenvalue weighted by Crippen LogP contribution is -2.32. The number of benzene rings is 4. The molecule has 0 aromatic heterocycles. The zero-order valence-corrected chi connectivity index (χ0v) is 21.5. The number of rotatable bonds is 10. The van der Waals surface area contributed by atoms with Crippen molar-refractivity contribution < 1.29 is 27.4 Å². The molecule has 1 amide bonds. The molecule has 2 N–H and O–H groups in total. The van der Waals surface area contributed by atoms with E-state index < -0.39 is 16.1 Å². The van der Waals surface area contributed by atoms with Gasteiger partial charge in [-0.3, -0.25) is 9.52 Å². The molecule has 9 heteroatoms. The molecule has 0 radical (unpaired) electrons. The molecule has 4 aromatic carbocycles. The number of sulfonamides is 1. The fraction of sp³-hybridized carbons (Fsp3) is 0.179. The van der Waals surface area contributed by atoms with Gasteiger partial charge in [0.2, 0.25) is 0 Å². The molecule has 4 rings (SSSR count). The van der Waals surface area contributed by atoms with Gasteiger partial charge in [-0.2, -0.15) is 0 Å². The van der Waals surface area contributed by atoms with E-state index in [0.717, 1.165) is 10.8 Å². The van der Waals surface area contributed by atoms with Crippen LogP contribution in [0.2, 0.25) is 0 Å². The number of amides is 1. The number of carbonyl (C=O) groups excluding carboxylic acids is 1. The van der Waals surface area contributed by atoms with E-state index in [4.69, 9.17) is 14.2 Å². The minimum Gasteiger partial charge on any atom is -0.497 e. The number of methoxy groups -OCH3 is 2. The predicted octanol–water partition coefficient (Wildman–Crippen LogP) is 5.45. The molecule has 0 fully saturated rings. The van der Waals surface area contributed by atoms with E-state index in [9.17, 15) is 13.2 Å². The van der Waals surface area contributed by atoms with E-state index in [1.807, 2.05) is 49.4 Å². The summed E-state index contributed by atoms with van der Waals surface area (Å²) in [6.45, 7) is 1.86. The highest BCUT2D eigenvalue weighted by molar-refractivity contribution is 7.92. The summed E-state index contributed by atoms with van der Waals surface area (Å²) in [4.78, 5) is 13.0. The van der Waals surface area contributed by atoms with Gasteiger partial charge in [0.05, 0.1) is 24.8 Å². The highest BCUT2D eigenvalue weighted by atomic mass is 32.2. The Morgan fingerprint density at radius 3 is 2.30 bits per heavy atom. The summed E-state index contributed by atoms with van der Waals surface area (Å²) in [7, 11) is -0.983. The first-order chi connectivity index (χ1) is 17.8. The first-order valence-electron chi connectivity index (χ1n) is 11.6. The molecule has 8 nitrogen and oxygen atoms in total. The lowest BCUT2D eigenvalue weighted by molar-refractivity contribution is -0.122. The second-order valence-corrected chi connectivity index (χ2v) is 9.86. The van der Waals surface area contributed by atoms with E-state index in [-0.39, 0.29) is 16.5 Å². The van der Waals surface area contributed by atoms with Crippen LogP contribution in [0.15, 0.2) is 89.8 Å². The van der Waals surface area contributed by atoms with Crippen molar-refractivity contribution >= 4 is 38.1 Å². The molecule has 0 heterocycles. The molecule has 4 aromatic rings. The third-order valence-corrected chi connectivity index (χ3v) is 7.15. The molecule has 0 aliphatic carbocycles. The van der Waals surface area contributed by atoms with Crippen LogP contribution in [0.4, 0.5) is 11.4 Å². The van der Waals surface area contributed by atoms with Gasteiger partial charge in [-0.15, -0.1) is 0 Å². The zero-order chi connectivity index (χ0) is 26.4. The summed E-state index contributed by atoms with van der Waals surface area (Å²) in [6.07, 6.45) is -0.273. The quantitative estimate of drug-likeness (QED) is 0.288. The van der Waals surface area contributed by atoms with Crippen LogP contribution in [0.25, 0.3) is 10.8 Å². The van der Waals surface area contributed by atoms with Crippen molar-refractivity contribution in [2.24, 2.45) is 0 Å². The summed E-state index contributed by atoms with van der Waals surface area (Å²) in [5.74, 6) is 1.13. The molecular formula is C28H28N2O6S. The van der Waals surface area contributed by atoms with Gasteiger partial charge >= 0.3 is 0 Å². The first kappa shape index (κ1) is 25.8. The largest absolute Gasteiger partial charge is 0.497 e. The minimum absolute atomic E-state index is 0.0226. The standard InChI is InChI=1S/C28H28N2O6S/c1-4-25(36-26-11-7-9-19-8-5-6-10-23(19)26)28(31)29-20-12-15-22(16-13-20)37(32,33)30-24-18-21(34-2)14-17-27(24)35-3/h5-18,25,30H,4H2,1-3H3,(H,29,31)/t25-/m1/s1. The fourth-order valence-corrected chi connectivity index (χ4v) is 4.87. The molecule has 0 saturated carbocycles. The molecule has 0 spiro atoms. The lowest BCUT2D eigenvalue weighted by atomic mass is 10.1. The van der Waals surface area contributed by atoms with Crippen LogP contribution in [0.5, 0.6) is 17.2 Å². The second kappa shape index (κ2) is 11.2. The van der Waals surface area contributed by atoms with E-state index in [1.165, 1.54) is 44.6 Å². The molecule has 0 bridgehead atoms. The van der Waals surface area contributed by atoms with Crippen molar-refractivity contribution in [1.29, 1.82) is 0 Å². The first-order valence-corrected chi connectivity index (χ1v) is 13.1. The number of anilines is 2. The van der Waals surface area contributed by atoms with E-state index in [2.05, 4.69) is 10.0 Å². The average molecular weight is 521 g/mol. The van der Waals surface area contributed by atoms with Crippen LogP contribution in [-0.4, -0.2) is 34.6 Å². The molecule has 0 aliphatic heterocycles. The highest BCUT2D eigenvalue weighted by Gasteiger charge is 2.21. The topological polar surface area (TPSA) is 103 Å². The molecule has 0 unspecified atom stereocenters.